The van der Waals surface area contributed by atoms with Crippen molar-refractivity contribution in [1.82, 2.24) is 24.5 Å². The Morgan fingerprint density at radius 1 is 0.687 bits per heavy atom. The smallest absolute Gasteiger partial charge is 0.228 e. The zero-order valence-corrected chi connectivity index (χ0v) is 40.6. The second kappa shape index (κ2) is 17.8. The van der Waals surface area contributed by atoms with Gasteiger partial charge >= 0.3 is 0 Å². The van der Waals surface area contributed by atoms with Crippen LogP contribution >= 0.6 is 0 Å². The maximum Gasteiger partial charge on any atom is 0.228 e. The zero-order chi connectivity index (χ0) is 53.5. The summed E-state index contributed by atoms with van der Waals surface area (Å²) in [7, 11) is 0. The van der Waals surface area contributed by atoms with Gasteiger partial charge in [-0.05, 0) is 102 Å². The van der Waals surface area contributed by atoms with Crippen LogP contribution in [0.5, 0.6) is 0 Å². The first kappa shape index (κ1) is 35.5. The van der Waals surface area contributed by atoms with Crippen molar-refractivity contribution in [2.24, 2.45) is 0 Å². The molecule has 0 unspecified atom stereocenters. The van der Waals surface area contributed by atoms with Crippen molar-refractivity contribution in [3.8, 4) is 39.6 Å². The second-order valence-corrected chi connectivity index (χ2v) is 18.3. The number of fused-ring (bicyclic) bond motifs is 7. The quantitative estimate of drug-likeness (QED) is 0.154. The van der Waals surface area contributed by atoms with Gasteiger partial charge in [-0.2, -0.15) is 0 Å². The van der Waals surface area contributed by atoms with E-state index in [1.54, 1.807) is 30.3 Å². The molecule has 1 radical (unpaired) electrons. The number of para-hydroxylation sites is 1. The van der Waals surface area contributed by atoms with Gasteiger partial charge in [0, 0.05) is 66.4 Å². The van der Waals surface area contributed by atoms with Crippen LogP contribution < -0.4 is 0 Å². The van der Waals surface area contributed by atoms with Gasteiger partial charge in [0.15, 0.2) is 0 Å². The van der Waals surface area contributed by atoms with Crippen molar-refractivity contribution in [2.45, 2.75) is 86.3 Å². The third-order valence-electron chi connectivity index (χ3n) is 12.0. The van der Waals surface area contributed by atoms with E-state index in [0.29, 0.717) is 33.2 Å². The maximum absolute atomic E-state index is 8.74. The predicted molar refractivity (Wildman–Crippen MR) is 271 cm³/mol. The number of nitrogens with zero attached hydrogens (tertiary/aromatic N) is 5. The van der Waals surface area contributed by atoms with Gasteiger partial charge in [-0.15, -0.1) is 54.1 Å². The van der Waals surface area contributed by atoms with Crippen molar-refractivity contribution in [2.75, 3.05) is 0 Å². The number of pyridine rings is 1. The van der Waals surface area contributed by atoms with E-state index in [1.165, 1.54) is 18.2 Å². The first-order chi connectivity index (χ1) is 35.4. The molecule has 337 valence electrons. The molecule has 67 heavy (non-hydrogen) atoms. The molecule has 0 fully saturated rings. The van der Waals surface area contributed by atoms with E-state index in [1.807, 2.05) is 59.3 Å². The molecule has 7 nitrogen and oxygen atoms in total. The van der Waals surface area contributed by atoms with Crippen molar-refractivity contribution < 1.29 is 41.3 Å². The van der Waals surface area contributed by atoms with E-state index in [0.717, 1.165) is 45.0 Å². The van der Waals surface area contributed by atoms with Crippen molar-refractivity contribution in [1.29, 1.82) is 0 Å². The Morgan fingerprint density at radius 3 is 2.18 bits per heavy atom. The molecule has 11 rings (SSSR count). The first-order valence-electron chi connectivity index (χ1n) is 26.6. The van der Waals surface area contributed by atoms with Gasteiger partial charge in [-0.1, -0.05) is 108 Å². The number of furan rings is 2. The van der Waals surface area contributed by atoms with Gasteiger partial charge < -0.3 is 13.4 Å². The Hall–Kier alpha value is -6.73. The van der Waals surface area contributed by atoms with Gasteiger partial charge in [-0.3, -0.25) is 15.0 Å². The molecule has 0 saturated carbocycles. The fraction of sp³-hybridized carbons (Fsp3) is 0.220. The van der Waals surface area contributed by atoms with E-state index in [4.69, 9.17) is 31.1 Å². The van der Waals surface area contributed by atoms with E-state index >= 15 is 0 Å². The summed E-state index contributed by atoms with van der Waals surface area (Å²) in [5, 5.41) is 0.896. The molecule has 0 N–H and O–H groups in total. The minimum Gasteiger partial charge on any atom is -0.499 e. The minimum atomic E-state index is -2.75. The molecule has 5 heterocycles. The molecule has 0 bridgehead atoms. The monoisotopic (exact) mass is 1070 g/mol. The Morgan fingerprint density at radius 2 is 1.48 bits per heavy atom. The molecule has 5 aromatic heterocycles. The molecule has 0 saturated heterocycles. The fourth-order valence-corrected chi connectivity index (χ4v) is 8.68. The van der Waals surface area contributed by atoms with Crippen molar-refractivity contribution in [3.63, 3.8) is 0 Å². The molecule has 8 heteroatoms. The number of hydrogen-bond acceptors (Lipinski definition) is 6. The normalized spacial score (nSPS) is 14.4. The van der Waals surface area contributed by atoms with Crippen molar-refractivity contribution >= 4 is 55.2 Å². The van der Waals surface area contributed by atoms with Gasteiger partial charge in [0.25, 0.3) is 0 Å². The molecular weight excluding hydrogens is 1000 g/mol. The van der Waals surface area contributed by atoms with E-state index < -0.39 is 20.6 Å². The Bertz CT molecular complexity index is 3930. The van der Waals surface area contributed by atoms with Gasteiger partial charge in [0.05, 0.1) is 33.7 Å². The standard InChI is InChI=1S/C45H38N3O2.C14H15N2.Ir/c1-24(2)33-22-30(29-14-9-8-10-15-29)23-34(25(3)4)41(33)48-40-27(6)13-11-18-36(40)46-44(48)32-17-12-16-31-39-42(50-43(31)32)28(7)38-35-21-26(5)19-20-37(35)49-45(38)47-39;1-14(2,3)12-9-10-15-13(16-12)11-7-5-4-6-8-11;/h8-16,18-25H,1-7H3;4-7,9-10H,1-3H3;/q2*-1;/i5D3,6D3,7D3;;. The summed E-state index contributed by atoms with van der Waals surface area (Å²) in [5.74, 6) is 1.08. The summed E-state index contributed by atoms with van der Waals surface area (Å²) < 4.78 is 90.9. The molecule has 0 atom stereocenters. The summed E-state index contributed by atoms with van der Waals surface area (Å²) in [6.07, 6.45) is 1.81. The summed E-state index contributed by atoms with van der Waals surface area (Å²) in [6, 6.07) is 43.5. The molecule has 11 aromatic rings. The SMILES string of the molecule is CC(C)(C)c1ccnc(-c2[c-]cccc2)n1.[2H]C([2H])([2H])c1ccc2oc3nc4c(oc5c(-c6nc7cccc(C([2H])([2H])[2H])c7n6-c6c(C(C)C)cc(-c7ccccc7)cc6C(C)C)[c-]ccc54)c(C([2H])([2H])[2H])c3c2c1.[Ir]. The summed E-state index contributed by atoms with van der Waals surface area (Å²) >= 11 is 0. The average Bonchev–Trinajstić information content (AvgIpc) is 4.14. The number of benzene rings is 6. The van der Waals surface area contributed by atoms with E-state index in [-0.39, 0.29) is 87.4 Å². The number of hydrogen-bond donors (Lipinski definition) is 0. The largest absolute Gasteiger partial charge is 0.499 e. The third-order valence-corrected chi connectivity index (χ3v) is 12.0. The molecule has 0 amide bonds. The molecule has 0 spiro atoms. The molecule has 6 aromatic carbocycles. The molecular formula is C59H53IrN5O2-2. The van der Waals surface area contributed by atoms with Crippen LogP contribution in [0.1, 0.15) is 106 Å². The number of aromatic nitrogens is 5. The molecule has 0 aliphatic carbocycles. The number of rotatable bonds is 6. The topological polar surface area (TPSA) is 82.8 Å². The summed E-state index contributed by atoms with van der Waals surface area (Å²) in [6.45, 7) is 7.17. The van der Waals surface area contributed by atoms with Gasteiger partial charge in [-0.25, -0.2) is 4.98 Å². The Balaban J connectivity index is 0.000000355. The third kappa shape index (κ3) is 8.17. The van der Waals surface area contributed by atoms with Gasteiger partial charge in [0.2, 0.25) is 5.71 Å². The maximum atomic E-state index is 8.74. The van der Waals surface area contributed by atoms with Crippen LogP contribution in [0, 0.1) is 32.7 Å². The molecule has 0 aliphatic heterocycles. The second-order valence-electron chi connectivity index (χ2n) is 18.3. The van der Waals surface area contributed by atoms with Crippen LogP contribution in [-0.2, 0) is 25.5 Å². The zero-order valence-electron chi connectivity index (χ0n) is 47.2. The average molecular weight is 1070 g/mol. The van der Waals surface area contributed by atoms with Crippen LogP contribution in [0.2, 0.25) is 0 Å². The van der Waals surface area contributed by atoms with Crippen LogP contribution in [0.3, 0.4) is 0 Å². The van der Waals surface area contributed by atoms with E-state index in [2.05, 4.69) is 94.8 Å². The van der Waals surface area contributed by atoms with E-state index in [9.17, 15) is 0 Å². The van der Waals surface area contributed by atoms with Crippen LogP contribution in [0.25, 0.3) is 94.8 Å². The van der Waals surface area contributed by atoms with Crippen LogP contribution in [-0.4, -0.2) is 24.5 Å². The summed E-state index contributed by atoms with van der Waals surface area (Å²) in [5.41, 5.74) is 8.83. The van der Waals surface area contributed by atoms with Gasteiger partial charge in [0.1, 0.15) is 16.7 Å². The minimum absolute atomic E-state index is 0. The first-order valence-corrected chi connectivity index (χ1v) is 22.1. The fourth-order valence-electron chi connectivity index (χ4n) is 8.68. The summed E-state index contributed by atoms with van der Waals surface area (Å²) in [4.78, 5) is 18.8. The Labute approximate surface area is 418 Å². The Kier molecular flexibility index (Phi) is 9.43. The van der Waals surface area contributed by atoms with Crippen LogP contribution in [0.4, 0.5) is 0 Å². The van der Waals surface area contributed by atoms with Crippen LogP contribution in [0.15, 0.2) is 136 Å². The molecule has 0 aliphatic rings. The number of imidazole rings is 1. The van der Waals surface area contributed by atoms with Crippen molar-refractivity contribution in [3.05, 3.63) is 173 Å². The number of aryl methyl sites for hydroxylation is 3. The predicted octanol–water partition coefficient (Wildman–Crippen LogP) is 15.8.